The van der Waals surface area contributed by atoms with Gasteiger partial charge in [0.1, 0.15) is 17.6 Å². The van der Waals surface area contributed by atoms with Crippen molar-refractivity contribution in [2.45, 2.75) is 70.4 Å². The monoisotopic (exact) mass is 607 g/mol. The lowest BCUT2D eigenvalue weighted by Gasteiger charge is -2.48. The van der Waals surface area contributed by atoms with Crippen LogP contribution in [0.5, 0.6) is 11.5 Å². The maximum Gasteiger partial charge on any atom is 0.200 e. The lowest BCUT2D eigenvalue weighted by atomic mass is 9.94. The molecule has 0 spiro atoms. The summed E-state index contributed by atoms with van der Waals surface area (Å²) in [4.78, 5) is -1.66. The summed E-state index contributed by atoms with van der Waals surface area (Å²) < 4.78 is 107. The Morgan fingerprint density at radius 3 is 2.12 bits per heavy atom. The van der Waals surface area contributed by atoms with Gasteiger partial charge in [-0.2, -0.15) is 4.31 Å². The Morgan fingerprint density at radius 2 is 1.56 bits per heavy atom. The number of rotatable bonds is 6. The fourth-order valence-electron chi connectivity index (χ4n) is 4.56. The average molecular weight is 608 g/mol. The maximum atomic E-state index is 14.2. The van der Waals surface area contributed by atoms with E-state index in [0.717, 1.165) is 22.7 Å². The molecule has 0 radical (unpaired) electrons. The molecule has 0 aromatic heterocycles. The van der Waals surface area contributed by atoms with E-state index < -0.39 is 50.8 Å². The third-order valence-electron chi connectivity index (χ3n) is 6.48. The molecule has 0 bridgehead atoms. The number of fused-ring (bicyclic) bond motifs is 1. The molecule has 2 N–H and O–H groups in total. The molecule has 2 aromatic rings. The minimum Gasteiger partial charge on any atom is -0.498 e. The minimum absolute atomic E-state index is 0.119. The Kier molecular flexibility index (Phi) is 13.0. The van der Waals surface area contributed by atoms with Gasteiger partial charge in [-0.1, -0.05) is 39.3 Å². The Bertz CT molecular complexity index is 1180. The lowest BCUT2D eigenvalue weighted by Crippen LogP contribution is -2.37. The Morgan fingerprint density at radius 1 is 0.951 bits per heavy atom. The van der Waals surface area contributed by atoms with E-state index in [1.165, 1.54) is 27.6 Å². The predicted octanol–water partition coefficient (Wildman–Crippen LogP) is 8.71. The Labute approximate surface area is 239 Å². The number of methoxy groups -OCH3 is 2. The largest absolute Gasteiger partial charge is 0.498 e. The molecule has 2 heterocycles. The summed E-state index contributed by atoms with van der Waals surface area (Å²) in [5.74, 6) is -10.6. The first-order chi connectivity index (χ1) is 19.5. The zero-order valence-corrected chi connectivity index (χ0v) is 24.8. The van der Waals surface area contributed by atoms with Gasteiger partial charge in [0, 0.05) is 24.6 Å². The topological polar surface area (TPSA) is 71.4 Å². The van der Waals surface area contributed by atoms with E-state index in [2.05, 4.69) is 13.0 Å². The quantitative estimate of drug-likeness (QED) is 0.194. The van der Waals surface area contributed by atoms with Gasteiger partial charge in [-0.3, -0.25) is 9.11 Å². The first-order valence-corrected chi connectivity index (χ1v) is 14.8. The zero-order valence-electron chi connectivity index (χ0n) is 24.0. The van der Waals surface area contributed by atoms with Crippen molar-refractivity contribution < 1.29 is 45.3 Å². The molecule has 230 valence electrons. The predicted molar refractivity (Wildman–Crippen MR) is 150 cm³/mol. The minimum atomic E-state index is -4.57. The summed E-state index contributed by atoms with van der Waals surface area (Å²) in [7, 11) is -1.73. The summed E-state index contributed by atoms with van der Waals surface area (Å²) in [6, 6.07) is 2.37. The number of ether oxygens (including phenoxy) is 3. The van der Waals surface area contributed by atoms with Gasteiger partial charge in [0.15, 0.2) is 28.2 Å². The second-order valence-corrected chi connectivity index (χ2v) is 10.8. The first kappa shape index (κ1) is 34.4. The molecular weight excluding hydrogens is 569 g/mol. The molecule has 0 aliphatic carbocycles. The number of nitrogens with zero attached hydrogens (tertiary/aromatic N) is 1. The van der Waals surface area contributed by atoms with Gasteiger partial charge in [0.2, 0.25) is 5.82 Å². The van der Waals surface area contributed by atoms with Crippen LogP contribution in [0.4, 0.5) is 22.0 Å². The van der Waals surface area contributed by atoms with Gasteiger partial charge in [0.25, 0.3) is 0 Å². The molecule has 4 rings (SSSR count). The molecule has 2 atom stereocenters. The van der Waals surface area contributed by atoms with Crippen LogP contribution in [0.1, 0.15) is 64.1 Å². The highest BCUT2D eigenvalue weighted by Gasteiger charge is 2.42. The van der Waals surface area contributed by atoms with Gasteiger partial charge in [-0.15, -0.1) is 10.8 Å². The Hall–Kier alpha value is -2.80. The Balaban J connectivity index is 0.000000410. The molecule has 2 aliphatic rings. The van der Waals surface area contributed by atoms with Crippen LogP contribution in [0.25, 0.3) is 0 Å². The van der Waals surface area contributed by atoms with Crippen molar-refractivity contribution in [2.75, 3.05) is 20.8 Å². The molecule has 0 amide bonds. The van der Waals surface area contributed by atoms with Crippen molar-refractivity contribution in [3.63, 3.8) is 0 Å². The van der Waals surface area contributed by atoms with Crippen LogP contribution in [-0.4, -0.2) is 40.3 Å². The average Bonchev–Trinajstić information content (AvgIpc) is 3.24. The fourth-order valence-corrected chi connectivity index (χ4v) is 6.34. The van der Waals surface area contributed by atoms with E-state index >= 15 is 0 Å². The van der Waals surface area contributed by atoms with Crippen molar-refractivity contribution in [3.05, 3.63) is 76.8 Å². The SMILES string of the molecule is CC.CCCC1CC=CC=CO1.COc1cc2c(c(OC)c1)C(C)N(S(O)(O)c1c(F)c(F)c(F)c(F)c1F)CC2. The molecule has 2 unspecified atom stereocenters. The van der Waals surface area contributed by atoms with E-state index in [1.54, 1.807) is 18.4 Å². The molecule has 2 aromatic carbocycles. The number of benzene rings is 2. The second-order valence-electron chi connectivity index (χ2n) is 8.93. The summed E-state index contributed by atoms with van der Waals surface area (Å²) >= 11 is 0. The molecule has 0 saturated heterocycles. The molecular formula is C29H38F5NO5S. The number of allylic oxidation sites excluding steroid dienone is 2. The van der Waals surface area contributed by atoms with Crippen molar-refractivity contribution in [1.29, 1.82) is 0 Å². The molecule has 0 saturated carbocycles. The molecule has 2 aliphatic heterocycles. The highest BCUT2D eigenvalue weighted by atomic mass is 32.3. The van der Waals surface area contributed by atoms with Crippen molar-refractivity contribution in [2.24, 2.45) is 0 Å². The maximum absolute atomic E-state index is 14.2. The van der Waals surface area contributed by atoms with Gasteiger partial charge >= 0.3 is 0 Å². The zero-order chi connectivity index (χ0) is 30.9. The second kappa shape index (κ2) is 15.4. The van der Waals surface area contributed by atoms with Gasteiger partial charge in [0.05, 0.1) is 26.5 Å². The lowest BCUT2D eigenvalue weighted by molar-refractivity contribution is 0.139. The van der Waals surface area contributed by atoms with Gasteiger partial charge in [-0.25, -0.2) is 22.0 Å². The number of hydrogen-bond acceptors (Lipinski definition) is 6. The summed E-state index contributed by atoms with van der Waals surface area (Å²) in [5, 5.41) is 0. The standard InChI is InChI=1S/C18H18F5NO4S.C9H14O.C2H6/c1-8-12-9(6-10(27-2)7-11(12)28-3)4-5-24(8)29(25,26)18-16(22)14(20)13(19)15(21)17(18)23;1-2-6-9-7-4-3-5-8-10-9;1-2/h6-8,25-26H,4-5H2,1-3H3;3-5,8-9H,2,6-7H2,1H3;1-2H3. The summed E-state index contributed by atoms with van der Waals surface area (Å²) in [6.45, 7) is 7.57. The van der Waals surface area contributed by atoms with Gasteiger partial charge < -0.3 is 14.2 Å². The van der Waals surface area contributed by atoms with E-state index in [0.29, 0.717) is 23.2 Å². The molecule has 0 fully saturated rings. The molecule has 41 heavy (non-hydrogen) atoms. The van der Waals surface area contributed by atoms with E-state index in [9.17, 15) is 31.1 Å². The van der Waals surface area contributed by atoms with Crippen LogP contribution in [0.3, 0.4) is 0 Å². The van der Waals surface area contributed by atoms with E-state index in [4.69, 9.17) is 14.2 Å². The third kappa shape index (κ3) is 7.54. The van der Waals surface area contributed by atoms with Gasteiger partial charge in [-0.05, 0) is 37.5 Å². The van der Waals surface area contributed by atoms with Crippen LogP contribution < -0.4 is 9.47 Å². The normalized spacial score (nSPS) is 18.6. The first-order valence-electron chi connectivity index (χ1n) is 13.3. The van der Waals surface area contributed by atoms with Crippen molar-refractivity contribution in [3.8, 4) is 11.5 Å². The highest BCUT2D eigenvalue weighted by molar-refractivity contribution is 8.22. The van der Waals surface area contributed by atoms with Crippen LogP contribution in [0.15, 0.2) is 41.5 Å². The number of halogens is 5. The third-order valence-corrected chi connectivity index (χ3v) is 8.54. The van der Waals surface area contributed by atoms with Crippen LogP contribution >= 0.6 is 10.8 Å². The highest BCUT2D eigenvalue weighted by Crippen LogP contribution is 2.59. The van der Waals surface area contributed by atoms with Crippen LogP contribution in [0.2, 0.25) is 0 Å². The van der Waals surface area contributed by atoms with Crippen molar-refractivity contribution in [1.82, 2.24) is 4.31 Å². The van der Waals surface area contributed by atoms with E-state index in [-0.39, 0.29) is 13.0 Å². The van der Waals surface area contributed by atoms with Crippen LogP contribution in [0, 0.1) is 29.1 Å². The van der Waals surface area contributed by atoms with Crippen LogP contribution in [-0.2, 0) is 11.2 Å². The van der Waals surface area contributed by atoms with Crippen molar-refractivity contribution >= 4 is 10.8 Å². The van der Waals surface area contributed by atoms with E-state index in [1.807, 2.05) is 26.0 Å². The smallest absolute Gasteiger partial charge is 0.200 e. The molecule has 6 nitrogen and oxygen atoms in total. The summed E-state index contributed by atoms with van der Waals surface area (Å²) in [6.07, 6.45) is 11.9. The fraction of sp³-hybridized carbons (Fsp3) is 0.448. The summed E-state index contributed by atoms with van der Waals surface area (Å²) in [5.41, 5.74) is 1.22. The molecule has 12 heteroatoms. The number of hydrogen-bond donors (Lipinski definition) is 2.